The van der Waals surface area contributed by atoms with Gasteiger partial charge in [-0.15, -0.1) is 48.0 Å². The van der Waals surface area contributed by atoms with E-state index in [0.717, 1.165) is 50.9 Å². The Morgan fingerprint density at radius 3 is 2.25 bits per heavy atom. The summed E-state index contributed by atoms with van der Waals surface area (Å²) in [4.78, 5) is 8.88. The number of benzene rings is 4. The number of furan rings is 1. The number of hydrogen-bond donors (Lipinski definition) is 0. The maximum absolute atomic E-state index is 12.8. The molecule has 0 saturated carbocycles. The van der Waals surface area contributed by atoms with Crippen molar-refractivity contribution in [3.63, 3.8) is 0 Å². The molecule has 221 valence electrons. The van der Waals surface area contributed by atoms with E-state index >= 15 is 0 Å². The minimum atomic E-state index is -1.30. The quantitative estimate of drug-likeness (QED) is 0.130. The van der Waals surface area contributed by atoms with Crippen molar-refractivity contribution in [2.75, 3.05) is 0 Å². The van der Waals surface area contributed by atoms with Crippen LogP contribution in [0, 0.1) is 17.9 Å². The van der Waals surface area contributed by atoms with Crippen LogP contribution in [0.5, 0.6) is 0 Å². The van der Waals surface area contributed by atoms with E-state index in [0.29, 0.717) is 0 Å². The van der Waals surface area contributed by atoms with E-state index in [-0.39, 0.29) is 25.9 Å². The summed E-state index contributed by atoms with van der Waals surface area (Å²) in [5.41, 5.74) is 7.78. The molecule has 0 spiro atoms. The van der Waals surface area contributed by atoms with Gasteiger partial charge in [0, 0.05) is 43.7 Å². The van der Waals surface area contributed by atoms with Crippen molar-refractivity contribution in [1.29, 1.82) is 0 Å². The van der Waals surface area contributed by atoms with E-state index in [4.69, 9.17) is 4.42 Å². The summed E-state index contributed by atoms with van der Waals surface area (Å²) in [6, 6.07) is 41.6. The maximum atomic E-state index is 12.8. The van der Waals surface area contributed by atoms with E-state index in [1.807, 2.05) is 42.6 Å². The van der Waals surface area contributed by atoms with Gasteiger partial charge in [-0.2, -0.15) is 0 Å². The van der Waals surface area contributed by atoms with Crippen LogP contribution in [0.4, 0.5) is 4.39 Å². The fraction of sp³-hybridized carbons (Fsp3) is 0.105. The number of hydrogen-bond acceptors (Lipinski definition) is 3. The molecule has 3 aromatic heterocycles. The van der Waals surface area contributed by atoms with Crippen molar-refractivity contribution < 1.29 is 28.9 Å². The molecule has 0 N–H and O–H groups in total. The molecule has 0 atom stereocenters. The smallest absolute Gasteiger partial charge is 0.120 e. The zero-order valence-corrected chi connectivity index (χ0v) is 28.2. The summed E-state index contributed by atoms with van der Waals surface area (Å²) in [6.07, 6.45) is 4.64. The van der Waals surface area contributed by atoms with Gasteiger partial charge in [0.25, 0.3) is 0 Å². The molecule has 0 amide bonds. The first kappa shape index (κ1) is 31.2. The van der Waals surface area contributed by atoms with Gasteiger partial charge in [0.1, 0.15) is 5.58 Å². The Morgan fingerprint density at radius 1 is 0.750 bits per heavy atom. The fourth-order valence-corrected chi connectivity index (χ4v) is 6.03. The molecule has 1 radical (unpaired) electrons. The first-order chi connectivity index (χ1) is 20.8. The first-order valence-electron chi connectivity index (χ1n) is 14.3. The maximum Gasteiger partial charge on any atom is 0.120 e. The number of pyridine rings is 2. The summed E-state index contributed by atoms with van der Waals surface area (Å²) >= 11 is 0. The molecule has 0 aliphatic carbocycles. The number of nitrogens with zero attached hydrogens (tertiary/aromatic N) is 2. The molecule has 0 aliphatic heterocycles. The van der Waals surface area contributed by atoms with Crippen molar-refractivity contribution in [2.24, 2.45) is 0 Å². The van der Waals surface area contributed by atoms with Crippen LogP contribution < -0.4 is 5.19 Å². The molecule has 0 saturated heterocycles. The Balaban J connectivity index is 0.000000187. The van der Waals surface area contributed by atoms with Crippen LogP contribution in [0.25, 0.3) is 44.5 Å². The largest absolute Gasteiger partial charge is 0.501 e. The summed E-state index contributed by atoms with van der Waals surface area (Å²) in [5, 5.41) is 3.57. The van der Waals surface area contributed by atoms with Crippen molar-refractivity contribution in [2.45, 2.75) is 26.1 Å². The fourth-order valence-electron chi connectivity index (χ4n) is 4.99. The topological polar surface area (TPSA) is 38.9 Å². The third kappa shape index (κ3) is 7.11. The van der Waals surface area contributed by atoms with Crippen LogP contribution in [-0.2, 0) is 26.5 Å². The molecular weight excluding hydrogens is 740 g/mol. The third-order valence-corrected chi connectivity index (χ3v) is 9.38. The minimum absolute atomic E-state index is 0. The SMILES string of the molecule is C[Si](C)(C)c1ccc(-c2[c-]cc(F)cc2)nc1.[Ir].[c-]1ccc2c(oc3ccc(Cc4ccccc4)cc32)c1-c1ccccn1. The average Bonchev–Trinajstić information content (AvgIpc) is 3.41. The Bertz CT molecular complexity index is 1970. The predicted octanol–water partition coefficient (Wildman–Crippen LogP) is 9.27. The molecule has 0 aliphatic rings. The predicted molar refractivity (Wildman–Crippen MR) is 176 cm³/mol. The number of halogens is 1. The van der Waals surface area contributed by atoms with E-state index in [1.54, 1.807) is 12.3 Å². The first-order valence-corrected chi connectivity index (χ1v) is 17.8. The monoisotopic (exact) mass is 771 g/mol. The van der Waals surface area contributed by atoms with Gasteiger partial charge in [0.05, 0.1) is 13.7 Å². The Labute approximate surface area is 272 Å². The summed E-state index contributed by atoms with van der Waals surface area (Å²) in [6.45, 7) is 6.86. The molecule has 44 heavy (non-hydrogen) atoms. The van der Waals surface area contributed by atoms with Gasteiger partial charge in [-0.1, -0.05) is 91.3 Å². The zero-order chi connectivity index (χ0) is 29.8. The second kappa shape index (κ2) is 13.6. The van der Waals surface area contributed by atoms with E-state index in [2.05, 4.69) is 96.3 Å². The standard InChI is InChI=1S/C24H16NO.C14H15FNSi.Ir/c1-2-7-17(8-3-1)15-18-12-13-23-21(16-18)19-9-6-10-20(24(19)26-23)22-11-4-5-14-25-22;1-17(2,3)13-8-9-14(16-10-13)11-4-6-12(15)7-5-11;/h1-9,11-14,16H,15H2;4,6-10H,1-3H3;/q2*-1;. The summed E-state index contributed by atoms with van der Waals surface area (Å²) in [5.74, 6) is -0.271. The van der Waals surface area contributed by atoms with Crippen LogP contribution in [0.2, 0.25) is 19.6 Å². The normalized spacial score (nSPS) is 11.1. The van der Waals surface area contributed by atoms with Gasteiger partial charge in [0.15, 0.2) is 0 Å². The summed E-state index contributed by atoms with van der Waals surface area (Å²) < 4.78 is 18.9. The van der Waals surface area contributed by atoms with Gasteiger partial charge in [-0.05, 0) is 52.3 Å². The minimum Gasteiger partial charge on any atom is -0.501 e. The van der Waals surface area contributed by atoms with Crippen LogP contribution in [0.3, 0.4) is 0 Å². The van der Waals surface area contributed by atoms with Gasteiger partial charge in [-0.3, -0.25) is 4.39 Å². The average molecular weight is 771 g/mol. The molecule has 7 aromatic rings. The molecule has 0 bridgehead atoms. The van der Waals surface area contributed by atoms with Gasteiger partial charge >= 0.3 is 0 Å². The van der Waals surface area contributed by atoms with Crippen LogP contribution in [0.1, 0.15) is 11.1 Å². The Morgan fingerprint density at radius 2 is 1.57 bits per heavy atom. The van der Waals surface area contributed by atoms with E-state index in [1.165, 1.54) is 28.4 Å². The Kier molecular flexibility index (Phi) is 9.65. The molecular formula is C38H31FIrN2OSi-2. The zero-order valence-electron chi connectivity index (χ0n) is 24.8. The van der Waals surface area contributed by atoms with E-state index in [9.17, 15) is 4.39 Å². The van der Waals surface area contributed by atoms with Crippen molar-refractivity contribution in [3.05, 3.63) is 151 Å². The van der Waals surface area contributed by atoms with Crippen LogP contribution in [-0.4, -0.2) is 18.0 Å². The van der Waals surface area contributed by atoms with Gasteiger partial charge < -0.3 is 14.4 Å². The second-order valence-electron chi connectivity index (χ2n) is 11.5. The Hall–Kier alpha value is -4.22. The molecule has 3 nitrogen and oxygen atoms in total. The molecule has 7 rings (SSSR count). The number of aromatic nitrogens is 2. The molecule has 4 aromatic carbocycles. The van der Waals surface area contributed by atoms with Crippen molar-refractivity contribution in [3.8, 4) is 22.5 Å². The molecule has 6 heteroatoms. The second-order valence-corrected chi connectivity index (χ2v) is 16.6. The number of rotatable bonds is 5. The van der Waals surface area contributed by atoms with Gasteiger partial charge in [-0.25, -0.2) is 0 Å². The molecule has 0 unspecified atom stereocenters. The van der Waals surface area contributed by atoms with Crippen molar-refractivity contribution in [1.82, 2.24) is 9.97 Å². The molecule has 0 fully saturated rings. The summed E-state index contributed by atoms with van der Waals surface area (Å²) in [7, 11) is -1.30. The van der Waals surface area contributed by atoms with Gasteiger partial charge in [0.2, 0.25) is 0 Å². The van der Waals surface area contributed by atoms with Crippen LogP contribution >= 0.6 is 0 Å². The number of fused-ring (bicyclic) bond motifs is 3. The van der Waals surface area contributed by atoms with E-state index < -0.39 is 8.07 Å². The third-order valence-electron chi connectivity index (χ3n) is 7.35. The van der Waals surface area contributed by atoms with Crippen molar-refractivity contribution >= 4 is 35.2 Å². The van der Waals surface area contributed by atoms with Crippen LogP contribution in [0.15, 0.2) is 126 Å². The molecule has 3 heterocycles.